The number of aliphatic hydroxyl groups is 1. The maximum absolute atomic E-state index is 9.84. The third kappa shape index (κ3) is 2.71. The molecule has 0 spiro atoms. The molecule has 1 rings (SSSR count). The lowest BCUT2D eigenvalue weighted by Crippen LogP contribution is -2.50. The van der Waals surface area contributed by atoms with Gasteiger partial charge < -0.3 is 5.11 Å². The summed E-state index contributed by atoms with van der Waals surface area (Å²) in [6.07, 6.45) is 3.32. The number of piperidine rings is 1. The van der Waals surface area contributed by atoms with E-state index in [2.05, 4.69) is 32.6 Å². The van der Waals surface area contributed by atoms with Gasteiger partial charge in [-0.2, -0.15) is 0 Å². The standard InChI is InChI=1S/C12H25NO/c1-5-12(14)11(4)13-8-9(2)6-7-10(13)3/h9-12,14H,5-8H2,1-4H3. The SMILES string of the molecule is CCC(O)C(C)N1CC(C)CCC1C. The highest BCUT2D eigenvalue weighted by atomic mass is 16.3. The van der Waals surface area contributed by atoms with Gasteiger partial charge in [-0.15, -0.1) is 0 Å². The molecule has 1 N–H and O–H groups in total. The highest BCUT2D eigenvalue weighted by molar-refractivity contribution is 4.83. The molecule has 0 amide bonds. The Morgan fingerprint density at radius 1 is 1.36 bits per heavy atom. The summed E-state index contributed by atoms with van der Waals surface area (Å²) in [5.74, 6) is 0.790. The van der Waals surface area contributed by atoms with Gasteiger partial charge in [0.2, 0.25) is 0 Å². The molecular formula is C12H25NO. The van der Waals surface area contributed by atoms with E-state index in [-0.39, 0.29) is 6.10 Å². The summed E-state index contributed by atoms with van der Waals surface area (Å²) in [5, 5.41) is 9.84. The topological polar surface area (TPSA) is 23.5 Å². The molecule has 2 nitrogen and oxygen atoms in total. The van der Waals surface area contributed by atoms with Gasteiger partial charge in [-0.05, 0) is 39.0 Å². The van der Waals surface area contributed by atoms with Crippen LogP contribution in [0.2, 0.25) is 0 Å². The quantitative estimate of drug-likeness (QED) is 0.753. The highest BCUT2D eigenvalue weighted by Gasteiger charge is 2.29. The fourth-order valence-electron chi connectivity index (χ4n) is 2.45. The Kier molecular flexibility index (Phi) is 4.39. The van der Waals surface area contributed by atoms with E-state index in [9.17, 15) is 5.11 Å². The number of hydrogen-bond donors (Lipinski definition) is 1. The van der Waals surface area contributed by atoms with Gasteiger partial charge >= 0.3 is 0 Å². The molecule has 1 saturated heterocycles. The molecule has 0 aromatic rings. The Morgan fingerprint density at radius 2 is 2.00 bits per heavy atom. The van der Waals surface area contributed by atoms with Gasteiger partial charge in [0, 0.05) is 18.6 Å². The normalized spacial score (nSPS) is 34.1. The van der Waals surface area contributed by atoms with Gasteiger partial charge in [0.25, 0.3) is 0 Å². The second-order valence-corrected chi connectivity index (χ2v) is 4.94. The molecule has 0 aromatic carbocycles. The van der Waals surface area contributed by atoms with Crippen LogP contribution in [0.1, 0.15) is 47.0 Å². The minimum absolute atomic E-state index is 0.164. The summed E-state index contributed by atoms with van der Waals surface area (Å²) >= 11 is 0. The zero-order valence-electron chi connectivity index (χ0n) is 10.0. The third-order valence-corrected chi connectivity index (χ3v) is 3.66. The summed E-state index contributed by atoms with van der Waals surface area (Å²) in [6, 6.07) is 0.958. The van der Waals surface area contributed by atoms with Crippen molar-refractivity contribution in [2.45, 2.75) is 65.1 Å². The first-order chi connectivity index (χ1) is 6.56. The molecule has 84 valence electrons. The van der Waals surface area contributed by atoms with Crippen LogP contribution in [-0.2, 0) is 0 Å². The van der Waals surface area contributed by atoms with Crippen LogP contribution < -0.4 is 0 Å². The molecule has 2 heteroatoms. The Bertz CT molecular complexity index is 172. The van der Waals surface area contributed by atoms with Crippen LogP contribution in [0.4, 0.5) is 0 Å². The molecule has 4 unspecified atom stereocenters. The van der Waals surface area contributed by atoms with Gasteiger partial charge in [-0.25, -0.2) is 0 Å². The Morgan fingerprint density at radius 3 is 2.57 bits per heavy atom. The zero-order chi connectivity index (χ0) is 10.7. The van der Waals surface area contributed by atoms with Crippen molar-refractivity contribution in [3.8, 4) is 0 Å². The van der Waals surface area contributed by atoms with Gasteiger partial charge in [-0.1, -0.05) is 13.8 Å². The molecule has 14 heavy (non-hydrogen) atoms. The average molecular weight is 199 g/mol. The molecule has 0 radical (unpaired) electrons. The molecule has 0 aliphatic carbocycles. The number of nitrogens with zero attached hydrogens (tertiary/aromatic N) is 1. The Balaban J connectivity index is 2.55. The predicted molar refractivity (Wildman–Crippen MR) is 60.3 cm³/mol. The van der Waals surface area contributed by atoms with E-state index >= 15 is 0 Å². The minimum atomic E-state index is -0.164. The summed E-state index contributed by atoms with van der Waals surface area (Å²) < 4.78 is 0. The third-order valence-electron chi connectivity index (χ3n) is 3.66. The van der Waals surface area contributed by atoms with Crippen molar-refractivity contribution >= 4 is 0 Å². The van der Waals surface area contributed by atoms with Gasteiger partial charge in [0.1, 0.15) is 0 Å². The van der Waals surface area contributed by atoms with Crippen molar-refractivity contribution < 1.29 is 5.11 Å². The monoisotopic (exact) mass is 199 g/mol. The number of hydrogen-bond acceptors (Lipinski definition) is 2. The Labute approximate surface area is 88.3 Å². The summed E-state index contributed by atoms with van der Waals surface area (Å²) in [6.45, 7) is 9.95. The van der Waals surface area contributed by atoms with E-state index in [0.29, 0.717) is 12.1 Å². The van der Waals surface area contributed by atoms with Crippen molar-refractivity contribution in [1.82, 2.24) is 4.90 Å². The number of likely N-dealkylation sites (tertiary alicyclic amines) is 1. The lowest BCUT2D eigenvalue weighted by atomic mass is 9.92. The summed E-state index contributed by atoms with van der Waals surface area (Å²) in [7, 11) is 0. The predicted octanol–water partition coefficient (Wildman–Crippen LogP) is 2.27. The van der Waals surface area contributed by atoms with E-state index in [1.54, 1.807) is 0 Å². The van der Waals surface area contributed by atoms with Crippen molar-refractivity contribution in [2.24, 2.45) is 5.92 Å². The molecule has 1 fully saturated rings. The molecule has 0 aromatic heterocycles. The molecule has 0 saturated carbocycles. The fraction of sp³-hybridized carbons (Fsp3) is 1.00. The average Bonchev–Trinajstić information content (AvgIpc) is 2.19. The summed E-state index contributed by atoms with van der Waals surface area (Å²) in [4.78, 5) is 2.47. The molecule has 0 bridgehead atoms. The first-order valence-electron chi connectivity index (χ1n) is 6.00. The lowest BCUT2D eigenvalue weighted by Gasteiger charge is -2.42. The van der Waals surface area contributed by atoms with Crippen LogP contribution in [0.15, 0.2) is 0 Å². The Hall–Kier alpha value is -0.0800. The van der Waals surface area contributed by atoms with E-state index < -0.39 is 0 Å². The van der Waals surface area contributed by atoms with Crippen LogP contribution in [-0.4, -0.2) is 34.7 Å². The fourth-order valence-corrected chi connectivity index (χ4v) is 2.45. The smallest absolute Gasteiger partial charge is 0.0690 e. The van der Waals surface area contributed by atoms with Crippen molar-refractivity contribution in [3.63, 3.8) is 0 Å². The van der Waals surface area contributed by atoms with Crippen molar-refractivity contribution in [3.05, 3.63) is 0 Å². The van der Waals surface area contributed by atoms with E-state index in [1.165, 1.54) is 12.8 Å². The van der Waals surface area contributed by atoms with Crippen LogP contribution in [0.3, 0.4) is 0 Å². The van der Waals surface area contributed by atoms with Gasteiger partial charge in [0.05, 0.1) is 6.10 Å². The second kappa shape index (κ2) is 5.13. The lowest BCUT2D eigenvalue weighted by molar-refractivity contribution is 0.00692. The molecular weight excluding hydrogens is 174 g/mol. The molecule has 1 aliphatic heterocycles. The number of aliphatic hydroxyl groups excluding tert-OH is 1. The van der Waals surface area contributed by atoms with E-state index in [0.717, 1.165) is 18.9 Å². The number of rotatable bonds is 3. The maximum Gasteiger partial charge on any atom is 0.0690 e. The van der Waals surface area contributed by atoms with E-state index in [4.69, 9.17) is 0 Å². The van der Waals surface area contributed by atoms with Crippen LogP contribution >= 0.6 is 0 Å². The van der Waals surface area contributed by atoms with Crippen LogP contribution in [0.5, 0.6) is 0 Å². The minimum Gasteiger partial charge on any atom is -0.392 e. The highest BCUT2D eigenvalue weighted by Crippen LogP contribution is 2.24. The first-order valence-corrected chi connectivity index (χ1v) is 6.00. The molecule has 1 heterocycles. The second-order valence-electron chi connectivity index (χ2n) is 4.94. The van der Waals surface area contributed by atoms with Crippen LogP contribution in [0.25, 0.3) is 0 Å². The zero-order valence-corrected chi connectivity index (χ0v) is 10.0. The van der Waals surface area contributed by atoms with Crippen LogP contribution in [0, 0.1) is 5.92 Å². The van der Waals surface area contributed by atoms with Gasteiger partial charge in [-0.3, -0.25) is 4.90 Å². The molecule has 4 atom stereocenters. The summed E-state index contributed by atoms with van der Waals surface area (Å²) in [5.41, 5.74) is 0. The maximum atomic E-state index is 9.84. The first kappa shape index (κ1) is 12.0. The van der Waals surface area contributed by atoms with Crippen molar-refractivity contribution in [1.29, 1.82) is 0 Å². The molecule has 1 aliphatic rings. The van der Waals surface area contributed by atoms with Crippen molar-refractivity contribution in [2.75, 3.05) is 6.54 Å². The van der Waals surface area contributed by atoms with E-state index in [1.807, 2.05) is 0 Å². The van der Waals surface area contributed by atoms with Gasteiger partial charge in [0.15, 0.2) is 0 Å². The largest absolute Gasteiger partial charge is 0.392 e.